The lowest BCUT2D eigenvalue weighted by molar-refractivity contribution is -2.00. The van der Waals surface area contributed by atoms with Crippen molar-refractivity contribution in [3.8, 4) is 0 Å². The predicted molar refractivity (Wildman–Crippen MR) is 32.0 cm³/mol. The van der Waals surface area contributed by atoms with Gasteiger partial charge < -0.3 is 0 Å². The molecule has 0 saturated heterocycles. The van der Waals surface area contributed by atoms with Gasteiger partial charge >= 0.3 is 0 Å². The molecule has 0 saturated carbocycles. The van der Waals surface area contributed by atoms with Gasteiger partial charge in [0, 0.05) is 0 Å². The molecule has 0 fully saturated rings. The average molecular weight is 209 g/mol. The van der Waals surface area contributed by atoms with Crippen molar-refractivity contribution in [2.45, 2.75) is 0 Å². The SMILES string of the molecule is C=Cn1cc[n+](C)c1.[O-][Cl+3]([O-])([O-])[O-]. The van der Waals surface area contributed by atoms with Crippen LogP contribution in [0.1, 0.15) is 0 Å². The maximum atomic E-state index is 8.49. The van der Waals surface area contributed by atoms with Crippen LogP contribution in [0.25, 0.3) is 6.20 Å². The minimum atomic E-state index is -4.94. The number of hydrogen-bond acceptors (Lipinski definition) is 4. The van der Waals surface area contributed by atoms with Crippen LogP contribution >= 0.6 is 0 Å². The molecule has 0 amide bonds. The molecule has 0 radical (unpaired) electrons. The second-order valence-electron chi connectivity index (χ2n) is 2.09. The molecular weight excluding hydrogens is 200 g/mol. The smallest absolute Gasteiger partial charge is 0.239 e. The summed E-state index contributed by atoms with van der Waals surface area (Å²) in [6, 6.07) is 0. The van der Waals surface area contributed by atoms with Crippen LogP contribution in [-0.2, 0) is 7.05 Å². The minimum Gasteiger partial charge on any atom is -0.239 e. The van der Waals surface area contributed by atoms with Gasteiger partial charge in [0.1, 0.15) is 12.4 Å². The summed E-state index contributed by atoms with van der Waals surface area (Å²) in [5.74, 6) is 0. The van der Waals surface area contributed by atoms with E-state index in [0.717, 1.165) is 0 Å². The van der Waals surface area contributed by atoms with Crippen LogP contribution in [0.5, 0.6) is 0 Å². The fourth-order valence-electron chi connectivity index (χ4n) is 0.577. The van der Waals surface area contributed by atoms with Gasteiger partial charge in [0.25, 0.3) is 0 Å². The zero-order chi connectivity index (χ0) is 10.5. The van der Waals surface area contributed by atoms with E-state index in [9.17, 15) is 0 Å². The molecule has 1 aromatic heterocycles. The zero-order valence-corrected chi connectivity index (χ0v) is 7.68. The van der Waals surface area contributed by atoms with E-state index < -0.39 is 10.2 Å². The monoisotopic (exact) mass is 208 g/mol. The molecule has 1 rings (SSSR count). The van der Waals surface area contributed by atoms with Gasteiger partial charge in [-0.25, -0.2) is 27.8 Å². The standard InChI is InChI=1S/C6H9N2.ClHO4/c1-3-8-5-4-7(2)6-8;2-1(3,4)5/h3-6H,1H2,2H3;(H,2,3,4,5)/q+1;/p-1. The highest BCUT2D eigenvalue weighted by molar-refractivity contribution is 5.12. The topological polar surface area (TPSA) is 101 Å². The molecule has 0 spiro atoms. The molecule has 0 unspecified atom stereocenters. The summed E-state index contributed by atoms with van der Waals surface area (Å²) in [6.45, 7) is 3.59. The lowest BCUT2D eigenvalue weighted by Crippen LogP contribution is -2.68. The van der Waals surface area contributed by atoms with E-state index in [1.807, 2.05) is 34.9 Å². The lowest BCUT2D eigenvalue weighted by atomic mass is 10.8. The van der Waals surface area contributed by atoms with E-state index in [1.54, 1.807) is 6.20 Å². The largest absolute Gasteiger partial charge is 0.248 e. The lowest BCUT2D eigenvalue weighted by Gasteiger charge is -2.17. The Morgan fingerprint density at radius 1 is 1.38 bits per heavy atom. The van der Waals surface area contributed by atoms with Gasteiger partial charge in [-0.05, 0) is 0 Å². The van der Waals surface area contributed by atoms with Gasteiger partial charge in [-0.2, -0.15) is 0 Å². The van der Waals surface area contributed by atoms with Gasteiger partial charge in [0.2, 0.25) is 6.33 Å². The molecule has 7 heteroatoms. The van der Waals surface area contributed by atoms with Crippen LogP contribution in [0.3, 0.4) is 0 Å². The van der Waals surface area contributed by atoms with Crippen LogP contribution < -0.4 is 23.2 Å². The van der Waals surface area contributed by atoms with Crippen LogP contribution in [0.15, 0.2) is 25.3 Å². The highest BCUT2D eigenvalue weighted by Crippen LogP contribution is 1.79. The number of imidazole rings is 1. The van der Waals surface area contributed by atoms with Crippen molar-refractivity contribution >= 4 is 6.20 Å². The predicted octanol–water partition coefficient (Wildman–Crippen LogP) is -4.34. The Labute approximate surface area is 77.3 Å². The van der Waals surface area contributed by atoms with Crippen molar-refractivity contribution < 1.29 is 33.4 Å². The number of hydrogen-bond donors (Lipinski definition) is 0. The summed E-state index contributed by atoms with van der Waals surface area (Å²) in [5.41, 5.74) is 0. The van der Waals surface area contributed by atoms with Crippen molar-refractivity contribution in [3.63, 3.8) is 0 Å². The van der Waals surface area contributed by atoms with E-state index in [0.29, 0.717) is 0 Å². The molecule has 1 aromatic rings. The van der Waals surface area contributed by atoms with E-state index in [1.165, 1.54) is 0 Å². The summed E-state index contributed by atoms with van der Waals surface area (Å²) >= 11 is 0. The fraction of sp³-hybridized carbons (Fsp3) is 0.167. The van der Waals surface area contributed by atoms with Gasteiger partial charge in [-0.15, -0.1) is 10.2 Å². The minimum absolute atomic E-state index is 1.75. The summed E-state index contributed by atoms with van der Waals surface area (Å²) in [7, 11) is -2.97. The van der Waals surface area contributed by atoms with Crippen LogP contribution in [0, 0.1) is 10.2 Å². The first-order chi connectivity index (χ1) is 5.83. The fourth-order valence-corrected chi connectivity index (χ4v) is 0.577. The van der Waals surface area contributed by atoms with Gasteiger partial charge in [0.05, 0.1) is 13.2 Å². The average Bonchev–Trinajstić information content (AvgIpc) is 2.31. The van der Waals surface area contributed by atoms with Gasteiger partial charge in [-0.3, -0.25) is 0 Å². The molecule has 13 heavy (non-hydrogen) atoms. The Hall–Kier alpha value is -0.920. The Morgan fingerprint density at radius 2 is 1.85 bits per heavy atom. The Morgan fingerprint density at radius 3 is 2.00 bits per heavy atom. The molecule has 0 N–H and O–H groups in total. The highest BCUT2D eigenvalue weighted by atomic mass is 35.7. The highest BCUT2D eigenvalue weighted by Gasteiger charge is 1.90. The quantitative estimate of drug-likeness (QED) is 0.436. The van der Waals surface area contributed by atoms with E-state index in [4.69, 9.17) is 18.6 Å². The summed E-state index contributed by atoms with van der Waals surface area (Å²) in [5, 5.41) is 0. The molecule has 0 bridgehead atoms. The first-order valence-corrected chi connectivity index (χ1v) is 4.33. The van der Waals surface area contributed by atoms with Crippen molar-refractivity contribution in [2.75, 3.05) is 0 Å². The first-order valence-electron chi connectivity index (χ1n) is 3.10. The molecule has 6 nitrogen and oxygen atoms in total. The molecule has 0 aliphatic rings. The number of aryl methyl sites for hydroxylation is 1. The summed E-state index contributed by atoms with van der Waals surface area (Å²) in [6.07, 6.45) is 7.58. The Balaban J connectivity index is 0.000000252. The molecular formula is C6H9ClN2O4. The van der Waals surface area contributed by atoms with Crippen LogP contribution in [-0.4, -0.2) is 4.57 Å². The number of rotatable bonds is 1. The van der Waals surface area contributed by atoms with Crippen LogP contribution in [0.2, 0.25) is 0 Å². The first kappa shape index (κ1) is 12.1. The van der Waals surface area contributed by atoms with Crippen molar-refractivity contribution in [1.82, 2.24) is 4.57 Å². The normalized spacial score (nSPS) is 10.2. The summed E-state index contributed by atoms with van der Waals surface area (Å²) < 4.78 is 37.8. The third kappa shape index (κ3) is 8.99. The maximum Gasteiger partial charge on any atom is 0.248 e. The number of halogens is 1. The van der Waals surface area contributed by atoms with Gasteiger partial charge in [-0.1, -0.05) is 6.58 Å². The van der Waals surface area contributed by atoms with Crippen molar-refractivity contribution in [2.24, 2.45) is 7.05 Å². The van der Waals surface area contributed by atoms with Crippen LogP contribution in [0.4, 0.5) is 0 Å². The molecule has 0 aliphatic heterocycles. The third-order valence-electron chi connectivity index (χ3n) is 1.00. The second-order valence-corrected chi connectivity index (χ2v) is 2.84. The van der Waals surface area contributed by atoms with E-state index in [-0.39, 0.29) is 0 Å². The van der Waals surface area contributed by atoms with Crippen molar-refractivity contribution in [3.05, 3.63) is 25.3 Å². The van der Waals surface area contributed by atoms with E-state index in [2.05, 4.69) is 6.58 Å². The molecule has 74 valence electrons. The van der Waals surface area contributed by atoms with E-state index >= 15 is 0 Å². The molecule has 0 aromatic carbocycles. The second kappa shape index (κ2) is 4.95. The zero-order valence-electron chi connectivity index (χ0n) is 6.92. The Bertz CT molecular complexity index is 262. The Kier molecular flexibility index (Phi) is 4.60. The van der Waals surface area contributed by atoms with Crippen molar-refractivity contribution in [1.29, 1.82) is 0 Å². The molecule has 1 heterocycles. The van der Waals surface area contributed by atoms with Gasteiger partial charge in [0.15, 0.2) is 0 Å². The summed E-state index contributed by atoms with van der Waals surface area (Å²) in [4.78, 5) is 0. The number of aromatic nitrogens is 2. The molecule has 0 atom stereocenters. The maximum absolute atomic E-state index is 8.49. The molecule has 0 aliphatic carbocycles. The number of nitrogens with zero attached hydrogens (tertiary/aromatic N) is 2. The third-order valence-corrected chi connectivity index (χ3v) is 1.00.